The molecular weight excluding hydrogens is 356 g/mol. The van der Waals surface area contributed by atoms with Gasteiger partial charge in [-0.1, -0.05) is 5.16 Å². The van der Waals surface area contributed by atoms with Crippen LogP contribution in [0, 0.1) is 0 Å². The molecule has 1 rings (SSSR count). The van der Waals surface area contributed by atoms with Crippen molar-refractivity contribution < 1.29 is 33.8 Å². The van der Waals surface area contributed by atoms with Gasteiger partial charge in [-0.2, -0.15) is 0 Å². The molecule has 27 heavy (non-hydrogen) atoms. The Bertz CT molecular complexity index is 678. The van der Waals surface area contributed by atoms with Crippen LogP contribution in [0.4, 0.5) is 4.79 Å². The number of nitrogens with zero attached hydrogens (tertiary/aromatic N) is 1. The van der Waals surface area contributed by atoms with Crippen LogP contribution in [-0.4, -0.2) is 54.6 Å². The third kappa shape index (κ3) is 7.76. The van der Waals surface area contributed by atoms with Gasteiger partial charge in [0.1, 0.15) is 23.1 Å². The summed E-state index contributed by atoms with van der Waals surface area (Å²) in [5.74, 6) is -0.141. The first-order valence-electron chi connectivity index (χ1n) is 8.18. The average Bonchev–Trinajstić information content (AvgIpc) is 2.61. The van der Waals surface area contributed by atoms with Gasteiger partial charge in [-0.15, -0.1) is 0 Å². The Labute approximate surface area is 157 Å². The van der Waals surface area contributed by atoms with Gasteiger partial charge in [-0.3, -0.25) is 4.79 Å². The quantitative estimate of drug-likeness (QED) is 0.232. The Morgan fingerprint density at radius 3 is 2.37 bits per heavy atom. The Kier molecular flexibility index (Phi) is 8.25. The number of hydrogen-bond donors (Lipinski definition) is 2. The molecule has 0 aliphatic heterocycles. The fourth-order valence-electron chi connectivity index (χ4n) is 2.01. The second-order valence-electron chi connectivity index (χ2n) is 6.49. The molecule has 0 aliphatic carbocycles. The van der Waals surface area contributed by atoms with Gasteiger partial charge in [0, 0.05) is 12.0 Å². The summed E-state index contributed by atoms with van der Waals surface area (Å²) in [4.78, 5) is 34.4. The number of esters is 1. The number of carbonyl (C=O) groups excluding carboxylic acids is 3. The zero-order valence-corrected chi connectivity index (χ0v) is 15.7. The number of oxime groups is 1. The van der Waals surface area contributed by atoms with E-state index >= 15 is 0 Å². The SMILES string of the molecule is COC(=O)C(CCOc1ccc(/C(C=O)=N\O)cc1)NC(=O)OC(C)(C)C. The number of amides is 1. The molecule has 0 saturated heterocycles. The third-order valence-corrected chi connectivity index (χ3v) is 3.22. The van der Waals surface area contributed by atoms with E-state index in [-0.39, 0.29) is 18.7 Å². The summed E-state index contributed by atoms with van der Waals surface area (Å²) in [6.45, 7) is 5.25. The third-order valence-electron chi connectivity index (χ3n) is 3.22. The molecule has 2 N–H and O–H groups in total. The summed E-state index contributed by atoms with van der Waals surface area (Å²) in [5, 5.41) is 14.0. The molecule has 0 spiro atoms. The zero-order valence-electron chi connectivity index (χ0n) is 15.7. The van der Waals surface area contributed by atoms with Crippen LogP contribution in [-0.2, 0) is 19.1 Å². The lowest BCUT2D eigenvalue weighted by atomic mass is 10.1. The Morgan fingerprint density at radius 2 is 1.89 bits per heavy atom. The Balaban J connectivity index is 2.62. The van der Waals surface area contributed by atoms with Gasteiger partial charge in [0.2, 0.25) is 0 Å². The summed E-state index contributed by atoms with van der Waals surface area (Å²) < 4.78 is 15.3. The van der Waals surface area contributed by atoms with Gasteiger partial charge in [-0.05, 0) is 45.0 Å². The molecule has 9 nitrogen and oxygen atoms in total. The van der Waals surface area contributed by atoms with Crippen molar-refractivity contribution >= 4 is 24.1 Å². The maximum Gasteiger partial charge on any atom is 0.408 e. The number of benzene rings is 1. The molecule has 1 aromatic rings. The van der Waals surface area contributed by atoms with Crippen LogP contribution in [0.25, 0.3) is 0 Å². The number of carbonyl (C=O) groups is 3. The molecule has 0 heterocycles. The predicted molar refractivity (Wildman–Crippen MR) is 96.1 cm³/mol. The summed E-state index contributed by atoms with van der Waals surface area (Å²) >= 11 is 0. The zero-order chi connectivity index (χ0) is 20.4. The van der Waals surface area contributed by atoms with Crippen LogP contribution >= 0.6 is 0 Å². The smallest absolute Gasteiger partial charge is 0.408 e. The molecule has 0 saturated carbocycles. The van der Waals surface area contributed by atoms with Crippen LogP contribution in [0.5, 0.6) is 5.75 Å². The first-order chi connectivity index (χ1) is 12.7. The molecule has 0 aliphatic rings. The van der Waals surface area contributed by atoms with Crippen molar-refractivity contribution in [2.75, 3.05) is 13.7 Å². The maximum absolute atomic E-state index is 11.8. The number of hydrogen-bond acceptors (Lipinski definition) is 8. The van der Waals surface area contributed by atoms with Crippen molar-refractivity contribution in [1.82, 2.24) is 5.32 Å². The molecule has 0 radical (unpaired) electrons. The largest absolute Gasteiger partial charge is 0.494 e. The molecular formula is C18H24N2O7. The molecule has 9 heteroatoms. The number of rotatable bonds is 8. The van der Waals surface area contributed by atoms with E-state index in [0.29, 0.717) is 17.6 Å². The molecule has 1 atom stereocenters. The second-order valence-corrected chi connectivity index (χ2v) is 6.49. The van der Waals surface area contributed by atoms with E-state index in [1.807, 2.05) is 0 Å². The van der Waals surface area contributed by atoms with Crippen molar-refractivity contribution in [2.24, 2.45) is 5.16 Å². The highest BCUT2D eigenvalue weighted by atomic mass is 16.6. The van der Waals surface area contributed by atoms with Crippen LogP contribution in [0.1, 0.15) is 32.8 Å². The highest BCUT2D eigenvalue weighted by molar-refractivity contribution is 6.36. The molecule has 0 fully saturated rings. The summed E-state index contributed by atoms with van der Waals surface area (Å²) in [5.41, 5.74) is -0.367. The fourth-order valence-corrected chi connectivity index (χ4v) is 2.01. The first kappa shape index (κ1) is 21.9. The van der Waals surface area contributed by atoms with E-state index in [0.717, 1.165) is 0 Å². The van der Waals surface area contributed by atoms with Crippen LogP contribution in [0.15, 0.2) is 29.4 Å². The number of ether oxygens (including phenoxy) is 3. The molecule has 0 aromatic heterocycles. The van der Waals surface area contributed by atoms with Gasteiger partial charge in [0.15, 0.2) is 6.29 Å². The van der Waals surface area contributed by atoms with E-state index in [9.17, 15) is 14.4 Å². The molecule has 1 amide bonds. The minimum atomic E-state index is -0.924. The number of nitrogens with one attached hydrogen (secondary N) is 1. The molecule has 1 aromatic carbocycles. The highest BCUT2D eigenvalue weighted by Crippen LogP contribution is 2.14. The van der Waals surface area contributed by atoms with E-state index < -0.39 is 23.7 Å². The average molecular weight is 380 g/mol. The van der Waals surface area contributed by atoms with Gasteiger partial charge in [-0.25, -0.2) is 9.59 Å². The monoisotopic (exact) mass is 380 g/mol. The van der Waals surface area contributed by atoms with Crippen molar-refractivity contribution in [3.63, 3.8) is 0 Å². The summed E-state index contributed by atoms with van der Waals surface area (Å²) in [6, 6.07) is 5.34. The van der Waals surface area contributed by atoms with E-state index in [1.54, 1.807) is 45.0 Å². The van der Waals surface area contributed by atoms with Crippen molar-refractivity contribution in [3.8, 4) is 5.75 Å². The van der Waals surface area contributed by atoms with Crippen LogP contribution in [0.3, 0.4) is 0 Å². The normalized spacial score (nSPS) is 12.7. The second kappa shape index (κ2) is 10.1. The maximum atomic E-state index is 11.8. The van der Waals surface area contributed by atoms with E-state index in [4.69, 9.17) is 14.7 Å². The minimum absolute atomic E-state index is 0.103. The van der Waals surface area contributed by atoms with E-state index in [2.05, 4.69) is 15.2 Å². The van der Waals surface area contributed by atoms with Gasteiger partial charge >= 0.3 is 12.1 Å². The van der Waals surface area contributed by atoms with Gasteiger partial charge in [0.25, 0.3) is 0 Å². The Morgan fingerprint density at radius 1 is 1.26 bits per heavy atom. The van der Waals surface area contributed by atoms with Crippen molar-refractivity contribution in [1.29, 1.82) is 0 Å². The van der Waals surface area contributed by atoms with Crippen LogP contribution in [0.2, 0.25) is 0 Å². The topological polar surface area (TPSA) is 124 Å². The van der Waals surface area contributed by atoms with Crippen molar-refractivity contribution in [3.05, 3.63) is 29.8 Å². The number of methoxy groups -OCH3 is 1. The predicted octanol–water partition coefficient (Wildman–Crippen LogP) is 1.90. The molecule has 0 bridgehead atoms. The number of aldehydes is 1. The summed E-state index contributed by atoms with van der Waals surface area (Å²) in [6.07, 6.45) is -0.142. The van der Waals surface area contributed by atoms with Gasteiger partial charge in [0.05, 0.1) is 13.7 Å². The summed E-state index contributed by atoms with van der Waals surface area (Å²) in [7, 11) is 1.22. The lowest BCUT2D eigenvalue weighted by Gasteiger charge is -2.22. The fraction of sp³-hybridized carbons (Fsp3) is 0.444. The van der Waals surface area contributed by atoms with Crippen molar-refractivity contribution in [2.45, 2.75) is 38.8 Å². The lowest BCUT2D eigenvalue weighted by Crippen LogP contribution is -2.44. The minimum Gasteiger partial charge on any atom is -0.494 e. The van der Waals surface area contributed by atoms with Gasteiger partial charge < -0.3 is 24.7 Å². The standard InChI is InChI=1S/C18H24N2O7/c1-18(2,3)27-17(23)19-14(16(22)25-4)9-10-26-13-7-5-12(6-8-13)15(11-21)20-24/h5-8,11,14,24H,9-10H2,1-4H3,(H,19,23)/b20-15-. The first-order valence-corrected chi connectivity index (χ1v) is 8.18. The molecule has 1 unspecified atom stereocenters. The van der Waals surface area contributed by atoms with Crippen LogP contribution < -0.4 is 10.1 Å². The number of alkyl carbamates (subject to hydrolysis) is 1. The lowest BCUT2D eigenvalue weighted by molar-refractivity contribution is -0.143. The Hall–Kier alpha value is -3.10. The van der Waals surface area contributed by atoms with E-state index in [1.165, 1.54) is 7.11 Å². The highest BCUT2D eigenvalue weighted by Gasteiger charge is 2.25. The molecule has 148 valence electrons.